The molecule has 33 heavy (non-hydrogen) atoms. The summed E-state index contributed by atoms with van der Waals surface area (Å²) in [6, 6.07) is 11.7. The molecule has 8 nitrogen and oxygen atoms in total. The Hall–Kier alpha value is -4.17. The van der Waals surface area contributed by atoms with Crippen LogP contribution in [0.2, 0.25) is 5.02 Å². The van der Waals surface area contributed by atoms with E-state index in [1.807, 2.05) is 13.8 Å². The third kappa shape index (κ3) is 4.16. The Morgan fingerprint density at radius 3 is 2.48 bits per heavy atom. The summed E-state index contributed by atoms with van der Waals surface area (Å²) in [6.45, 7) is 3.75. The number of anilines is 1. The molecule has 1 aliphatic rings. The highest BCUT2D eigenvalue weighted by Gasteiger charge is 2.37. The van der Waals surface area contributed by atoms with E-state index < -0.39 is 23.8 Å². The van der Waals surface area contributed by atoms with E-state index >= 15 is 0 Å². The Kier molecular flexibility index (Phi) is 5.61. The summed E-state index contributed by atoms with van der Waals surface area (Å²) in [4.78, 5) is 50.0. The Labute approximate surface area is 193 Å². The molecule has 9 heteroatoms. The van der Waals surface area contributed by atoms with Gasteiger partial charge in [-0.2, -0.15) is 0 Å². The van der Waals surface area contributed by atoms with Gasteiger partial charge in [-0.25, -0.2) is 14.5 Å². The summed E-state index contributed by atoms with van der Waals surface area (Å²) >= 11 is 5.90. The summed E-state index contributed by atoms with van der Waals surface area (Å²) in [5.41, 5.74) is 2.29. The van der Waals surface area contributed by atoms with Crippen molar-refractivity contribution < 1.29 is 28.7 Å². The van der Waals surface area contributed by atoms with Crippen LogP contribution in [0.5, 0.6) is 0 Å². The molecule has 166 valence electrons. The fourth-order valence-electron chi connectivity index (χ4n) is 3.33. The largest absolute Gasteiger partial charge is 0.478 e. The molecule has 1 aliphatic heterocycles. The first-order valence-corrected chi connectivity index (χ1v) is 10.2. The number of amides is 4. The number of carbonyl (C=O) groups excluding carboxylic acids is 3. The van der Waals surface area contributed by atoms with Gasteiger partial charge in [0.05, 0.1) is 16.3 Å². The SMILES string of the molecule is Cc1ccc(N2C(=O)NC(=O)/C(=C\c3ccc(-c4ccc(Cl)c(C(=O)O)c4)o3)C2=O)cc1C. The van der Waals surface area contributed by atoms with Crippen molar-refractivity contribution >= 4 is 47.2 Å². The zero-order chi connectivity index (χ0) is 23.9. The van der Waals surface area contributed by atoms with Crippen LogP contribution in [0.4, 0.5) is 10.5 Å². The number of halogens is 1. The number of rotatable bonds is 4. The van der Waals surface area contributed by atoms with Crippen molar-refractivity contribution in [3.63, 3.8) is 0 Å². The zero-order valence-corrected chi connectivity index (χ0v) is 18.3. The van der Waals surface area contributed by atoms with Gasteiger partial charge in [-0.1, -0.05) is 17.7 Å². The number of urea groups is 1. The predicted molar refractivity (Wildman–Crippen MR) is 121 cm³/mol. The number of benzene rings is 2. The van der Waals surface area contributed by atoms with Gasteiger partial charge in [-0.3, -0.25) is 14.9 Å². The molecule has 2 heterocycles. The second-order valence-corrected chi connectivity index (χ2v) is 7.84. The number of carboxylic acid groups (broad SMARTS) is 1. The molecule has 1 aromatic heterocycles. The average molecular weight is 465 g/mol. The van der Waals surface area contributed by atoms with Gasteiger partial charge in [0.1, 0.15) is 17.1 Å². The van der Waals surface area contributed by atoms with E-state index in [4.69, 9.17) is 16.0 Å². The van der Waals surface area contributed by atoms with E-state index in [0.29, 0.717) is 17.0 Å². The van der Waals surface area contributed by atoms with Gasteiger partial charge in [0.2, 0.25) is 0 Å². The van der Waals surface area contributed by atoms with Crippen molar-refractivity contribution in [2.24, 2.45) is 0 Å². The number of furan rings is 1. The first-order valence-electron chi connectivity index (χ1n) is 9.77. The normalized spacial score (nSPS) is 15.2. The van der Waals surface area contributed by atoms with Crippen molar-refractivity contribution in [3.8, 4) is 11.3 Å². The highest BCUT2D eigenvalue weighted by atomic mass is 35.5. The van der Waals surface area contributed by atoms with E-state index in [1.54, 1.807) is 30.3 Å². The molecule has 0 spiro atoms. The van der Waals surface area contributed by atoms with Crippen LogP contribution in [-0.4, -0.2) is 28.9 Å². The number of nitrogens with zero attached hydrogens (tertiary/aromatic N) is 1. The van der Waals surface area contributed by atoms with Crippen LogP contribution in [0.25, 0.3) is 17.4 Å². The van der Waals surface area contributed by atoms with Crippen molar-refractivity contribution in [2.45, 2.75) is 13.8 Å². The van der Waals surface area contributed by atoms with Gasteiger partial charge in [0.25, 0.3) is 11.8 Å². The molecular weight excluding hydrogens is 448 g/mol. The lowest BCUT2D eigenvalue weighted by Gasteiger charge is -2.26. The molecule has 0 bridgehead atoms. The fraction of sp³-hybridized carbons (Fsp3) is 0.0833. The second-order valence-electron chi connectivity index (χ2n) is 7.43. The topological polar surface area (TPSA) is 117 Å². The van der Waals surface area contributed by atoms with E-state index in [2.05, 4.69) is 5.32 Å². The number of hydrogen-bond donors (Lipinski definition) is 2. The van der Waals surface area contributed by atoms with Gasteiger partial charge >= 0.3 is 12.0 Å². The first kappa shape index (κ1) is 22.0. The molecule has 3 aromatic rings. The number of hydrogen-bond acceptors (Lipinski definition) is 5. The summed E-state index contributed by atoms with van der Waals surface area (Å²) in [7, 11) is 0. The molecule has 1 saturated heterocycles. The smallest absolute Gasteiger partial charge is 0.337 e. The summed E-state index contributed by atoms with van der Waals surface area (Å²) in [5, 5.41) is 11.5. The van der Waals surface area contributed by atoms with Crippen LogP contribution in [0, 0.1) is 13.8 Å². The Morgan fingerprint density at radius 2 is 1.79 bits per heavy atom. The highest BCUT2D eigenvalue weighted by Crippen LogP contribution is 2.29. The fourth-order valence-corrected chi connectivity index (χ4v) is 3.53. The highest BCUT2D eigenvalue weighted by molar-refractivity contribution is 6.39. The number of barbiturate groups is 1. The van der Waals surface area contributed by atoms with Crippen LogP contribution < -0.4 is 10.2 Å². The number of carboxylic acids is 1. The molecule has 4 amide bonds. The predicted octanol–water partition coefficient (Wildman–Crippen LogP) is 4.58. The van der Waals surface area contributed by atoms with Crippen molar-refractivity contribution in [1.29, 1.82) is 0 Å². The number of imide groups is 2. The summed E-state index contributed by atoms with van der Waals surface area (Å²) in [5.74, 6) is -2.33. The lowest BCUT2D eigenvalue weighted by Crippen LogP contribution is -2.54. The van der Waals surface area contributed by atoms with E-state index in [1.165, 1.54) is 24.3 Å². The molecular formula is C24H17ClN2O6. The lowest BCUT2D eigenvalue weighted by atomic mass is 10.1. The molecule has 2 aromatic carbocycles. The van der Waals surface area contributed by atoms with Crippen LogP contribution >= 0.6 is 11.6 Å². The lowest BCUT2D eigenvalue weighted by molar-refractivity contribution is -0.122. The third-order valence-electron chi connectivity index (χ3n) is 5.25. The van der Waals surface area contributed by atoms with Crippen molar-refractivity contribution in [2.75, 3.05) is 4.90 Å². The summed E-state index contributed by atoms with van der Waals surface area (Å²) in [6.07, 6.45) is 1.23. The number of aryl methyl sites for hydroxylation is 2. The van der Waals surface area contributed by atoms with Crippen molar-refractivity contribution in [1.82, 2.24) is 5.32 Å². The van der Waals surface area contributed by atoms with Gasteiger partial charge in [0.15, 0.2) is 0 Å². The molecule has 0 radical (unpaired) electrons. The van der Waals surface area contributed by atoms with E-state index in [-0.39, 0.29) is 21.9 Å². The molecule has 1 fully saturated rings. The van der Waals surface area contributed by atoms with Gasteiger partial charge in [-0.05, 0) is 73.5 Å². The molecule has 0 unspecified atom stereocenters. The molecule has 4 rings (SSSR count). The van der Waals surface area contributed by atoms with Gasteiger partial charge in [0, 0.05) is 5.56 Å². The van der Waals surface area contributed by atoms with E-state index in [9.17, 15) is 24.3 Å². The third-order valence-corrected chi connectivity index (χ3v) is 5.57. The Morgan fingerprint density at radius 1 is 1.03 bits per heavy atom. The number of carbonyl (C=O) groups is 4. The van der Waals surface area contributed by atoms with Gasteiger partial charge < -0.3 is 9.52 Å². The maximum absolute atomic E-state index is 13.0. The minimum Gasteiger partial charge on any atom is -0.478 e. The maximum Gasteiger partial charge on any atom is 0.337 e. The van der Waals surface area contributed by atoms with Crippen molar-refractivity contribution in [3.05, 3.63) is 81.6 Å². The summed E-state index contributed by atoms with van der Waals surface area (Å²) < 4.78 is 5.70. The monoisotopic (exact) mass is 464 g/mol. The molecule has 0 aliphatic carbocycles. The minimum absolute atomic E-state index is 0.0840. The van der Waals surface area contributed by atoms with E-state index in [0.717, 1.165) is 16.0 Å². The quantitative estimate of drug-likeness (QED) is 0.431. The van der Waals surface area contributed by atoms with Crippen LogP contribution in [0.15, 0.2) is 58.5 Å². The molecule has 0 saturated carbocycles. The zero-order valence-electron chi connectivity index (χ0n) is 17.5. The molecule has 0 atom stereocenters. The minimum atomic E-state index is -1.18. The average Bonchev–Trinajstić information content (AvgIpc) is 3.22. The number of aromatic carboxylic acids is 1. The van der Waals surface area contributed by atoms with Crippen LogP contribution in [0.3, 0.4) is 0 Å². The Bertz CT molecular complexity index is 1370. The molecule has 2 N–H and O–H groups in total. The van der Waals surface area contributed by atoms with Crippen LogP contribution in [-0.2, 0) is 9.59 Å². The van der Waals surface area contributed by atoms with Gasteiger partial charge in [-0.15, -0.1) is 0 Å². The second kappa shape index (κ2) is 8.40. The first-order chi connectivity index (χ1) is 15.7. The maximum atomic E-state index is 13.0. The van der Waals surface area contributed by atoms with Crippen LogP contribution in [0.1, 0.15) is 27.2 Å². The Balaban J connectivity index is 1.68. The number of nitrogens with one attached hydrogen (secondary N) is 1. The standard InChI is InChI=1S/C24H17ClN2O6/c1-12-3-5-15(9-13(12)2)27-22(29)18(21(28)26-24(27)32)11-16-6-8-20(33-16)14-4-7-19(25)17(10-14)23(30)31/h3-11H,1-2H3,(H,30,31)(H,26,28,32)/b18-11+.